The van der Waals surface area contributed by atoms with Gasteiger partial charge in [0.1, 0.15) is 5.82 Å². The first kappa shape index (κ1) is 12.0. The van der Waals surface area contributed by atoms with Crippen LogP contribution in [-0.4, -0.2) is 17.0 Å². The molecule has 6 heteroatoms. The molecule has 3 nitrogen and oxygen atoms in total. The third-order valence-electron chi connectivity index (χ3n) is 1.83. The minimum atomic E-state index is -3.97. The van der Waals surface area contributed by atoms with Gasteiger partial charge in [0.25, 0.3) is 0 Å². The van der Waals surface area contributed by atoms with E-state index in [1.807, 2.05) is 0 Å². The van der Waals surface area contributed by atoms with Gasteiger partial charge in [-0.3, -0.25) is 0 Å². The number of carboxylic acid groups (broad SMARTS) is 1. The predicted molar refractivity (Wildman–Crippen MR) is 47.4 cm³/mol. The summed E-state index contributed by atoms with van der Waals surface area (Å²) >= 11 is 0. The van der Waals surface area contributed by atoms with Crippen molar-refractivity contribution in [1.82, 2.24) is 0 Å². The van der Waals surface area contributed by atoms with Crippen molar-refractivity contribution in [3.8, 4) is 6.07 Å². The summed E-state index contributed by atoms with van der Waals surface area (Å²) in [6, 6.07) is 4.27. The Morgan fingerprint density at radius 2 is 2.06 bits per heavy atom. The molecule has 0 aliphatic rings. The molecule has 1 aromatic carbocycles. The minimum Gasteiger partial charge on any atom is -0.477 e. The van der Waals surface area contributed by atoms with Gasteiger partial charge in [0, 0.05) is 6.42 Å². The zero-order valence-corrected chi connectivity index (χ0v) is 7.88. The van der Waals surface area contributed by atoms with E-state index in [2.05, 4.69) is 0 Å². The Kier molecular flexibility index (Phi) is 3.18. The van der Waals surface area contributed by atoms with Crippen LogP contribution in [0.1, 0.15) is 11.1 Å². The highest BCUT2D eigenvalue weighted by molar-refractivity contribution is 5.75. The average molecular weight is 229 g/mol. The molecule has 1 N–H and O–H groups in total. The van der Waals surface area contributed by atoms with E-state index in [9.17, 15) is 18.0 Å². The lowest BCUT2D eigenvalue weighted by molar-refractivity contribution is -0.164. The molecular formula is C10H6F3NO2. The summed E-state index contributed by atoms with van der Waals surface area (Å²) in [4.78, 5) is 10.2. The van der Waals surface area contributed by atoms with Gasteiger partial charge in [-0.2, -0.15) is 14.0 Å². The first-order valence-corrected chi connectivity index (χ1v) is 4.16. The van der Waals surface area contributed by atoms with Gasteiger partial charge in [0.2, 0.25) is 0 Å². The molecule has 1 rings (SSSR count). The van der Waals surface area contributed by atoms with Crippen LogP contribution in [0.2, 0.25) is 0 Å². The lowest BCUT2D eigenvalue weighted by Crippen LogP contribution is -2.30. The van der Waals surface area contributed by atoms with Gasteiger partial charge in [-0.05, 0) is 23.8 Å². The number of carboxylic acids is 1. The molecule has 0 atom stereocenters. The summed E-state index contributed by atoms with van der Waals surface area (Å²) in [5.74, 6) is -7.11. The fourth-order valence-electron chi connectivity index (χ4n) is 1.15. The molecule has 0 unspecified atom stereocenters. The average Bonchev–Trinajstić information content (AvgIpc) is 2.15. The number of alkyl halides is 2. The number of halogens is 3. The van der Waals surface area contributed by atoms with Crippen LogP contribution in [-0.2, 0) is 11.2 Å². The Labute approximate surface area is 88.7 Å². The first-order chi connectivity index (χ1) is 7.35. The molecule has 0 fully saturated rings. The van der Waals surface area contributed by atoms with Crippen LogP contribution in [0.25, 0.3) is 0 Å². The highest BCUT2D eigenvalue weighted by Crippen LogP contribution is 2.21. The fourth-order valence-corrected chi connectivity index (χ4v) is 1.15. The number of nitrogens with zero attached hydrogens (tertiary/aromatic N) is 1. The molecule has 1 aromatic rings. The van der Waals surface area contributed by atoms with Crippen molar-refractivity contribution in [3.63, 3.8) is 0 Å². The number of hydrogen-bond acceptors (Lipinski definition) is 2. The minimum absolute atomic E-state index is 0.129. The molecule has 16 heavy (non-hydrogen) atoms. The Morgan fingerprint density at radius 1 is 1.44 bits per heavy atom. The number of hydrogen-bond donors (Lipinski definition) is 1. The summed E-state index contributed by atoms with van der Waals surface area (Å²) in [7, 11) is 0. The van der Waals surface area contributed by atoms with Crippen molar-refractivity contribution in [1.29, 1.82) is 5.26 Å². The number of benzene rings is 1. The van der Waals surface area contributed by atoms with Gasteiger partial charge in [-0.25, -0.2) is 9.18 Å². The summed E-state index contributed by atoms with van der Waals surface area (Å²) in [5, 5.41) is 16.7. The molecule has 0 amide bonds. The molecule has 0 radical (unpaired) electrons. The van der Waals surface area contributed by atoms with Gasteiger partial charge in [0.05, 0.1) is 11.6 Å². The highest BCUT2D eigenvalue weighted by atomic mass is 19.3. The largest absolute Gasteiger partial charge is 0.477 e. The maximum Gasteiger partial charge on any atom is 0.374 e. The number of rotatable bonds is 3. The molecule has 84 valence electrons. The Morgan fingerprint density at radius 3 is 2.56 bits per heavy atom. The summed E-state index contributed by atoms with van der Waals surface area (Å²) in [6.07, 6.45) is -1.14. The zero-order chi connectivity index (χ0) is 12.3. The number of nitriles is 1. The van der Waals surface area contributed by atoms with Crippen LogP contribution in [0.3, 0.4) is 0 Å². The first-order valence-electron chi connectivity index (χ1n) is 4.16. The van der Waals surface area contributed by atoms with Crippen molar-refractivity contribution in [3.05, 3.63) is 35.1 Å². The molecule has 0 aliphatic heterocycles. The Bertz CT molecular complexity index is 466. The van der Waals surface area contributed by atoms with E-state index in [1.165, 1.54) is 0 Å². The van der Waals surface area contributed by atoms with Crippen molar-refractivity contribution >= 4 is 5.97 Å². The van der Waals surface area contributed by atoms with Crippen LogP contribution in [0, 0.1) is 17.1 Å². The lowest BCUT2D eigenvalue weighted by Gasteiger charge is -2.10. The van der Waals surface area contributed by atoms with E-state index in [4.69, 9.17) is 10.4 Å². The maximum atomic E-state index is 12.8. The summed E-state index contributed by atoms with van der Waals surface area (Å²) in [5.41, 5.74) is -0.361. The van der Waals surface area contributed by atoms with E-state index in [-0.39, 0.29) is 11.1 Å². The van der Waals surface area contributed by atoms with Crippen molar-refractivity contribution < 1.29 is 23.1 Å². The monoisotopic (exact) mass is 229 g/mol. The molecule has 0 saturated heterocycles. The van der Waals surface area contributed by atoms with Crippen molar-refractivity contribution in [2.75, 3.05) is 0 Å². The quantitative estimate of drug-likeness (QED) is 0.861. The molecule has 0 aliphatic carbocycles. The highest BCUT2D eigenvalue weighted by Gasteiger charge is 2.38. The predicted octanol–water partition coefficient (Wildman–Crippen LogP) is 1.96. The SMILES string of the molecule is N#Cc1cc(F)cc(CC(F)(F)C(=O)O)c1. The molecule has 0 heterocycles. The van der Waals surface area contributed by atoms with Gasteiger partial charge in [-0.15, -0.1) is 0 Å². The molecule has 0 saturated carbocycles. The molecule has 0 aromatic heterocycles. The second-order valence-corrected chi connectivity index (χ2v) is 3.15. The Balaban J connectivity index is 3.03. The zero-order valence-electron chi connectivity index (χ0n) is 7.88. The van der Waals surface area contributed by atoms with E-state index in [1.54, 1.807) is 6.07 Å². The number of aliphatic carboxylic acids is 1. The maximum absolute atomic E-state index is 12.8. The van der Waals surface area contributed by atoms with Gasteiger partial charge < -0.3 is 5.11 Å². The molecule has 0 bridgehead atoms. The van der Waals surface area contributed by atoms with E-state index >= 15 is 0 Å². The van der Waals surface area contributed by atoms with E-state index in [0.29, 0.717) is 0 Å². The topological polar surface area (TPSA) is 61.1 Å². The standard InChI is InChI=1S/C10H6F3NO2/c11-8-2-6(1-7(3-8)5-14)4-10(12,13)9(15)16/h1-3H,4H2,(H,15,16). The number of carbonyl (C=O) groups is 1. The van der Waals surface area contributed by atoms with E-state index < -0.39 is 24.1 Å². The van der Waals surface area contributed by atoms with Crippen LogP contribution in [0.15, 0.2) is 18.2 Å². The normalized spacial score (nSPS) is 10.9. The van der Waals surface area contributed by atoms with E-state index in [0.717, 1.165) is 18.2 Å². The van der Waals surface area contributed by atoms with Crippen LogP contribution >= 0.6 is 0 Å². The third kappa shape index (κ3) is 2.73. The molecule has 0 spiro atoms. The van der Waals surface area contributed by atoms with Gasteiger partial charge in [-0.1, -0.05) is 0 Å². The second-order valence-electron chi connectivity index (χ2n) is 3.15. The van der Waals surface area contributed by atoms with Crippen LogP contribution < -0.4 is 0 Å². The Hall–Kier alpha value is -2.03. The fraction of sp³-hybridized carbons (Fsp3) is 0.200. The van der Waals surface area contributed by atoms with Gasteiger partial charge in [0.15, 0.2) is 0 Å². The summed E-state index contributed by atoms with van der Waals surface area (Å²) in [6.45, 7) is 0. The van der Waals surface area contributed by atoms with Gasteiger partial charge >= 0.3 is 11.9 Å². The molecular weight excluding hydrogens is 223 g/mol. The second kappa shape index (κ2) is 4.23. The lowest BCUT2D eigenvalue weighted by atomic mass is 10.0. The van der Waals surface area contributed by atoms with Crippen molar-refractivity contribution in [2.45, 2.75) is 12.3 Å². The smallest absolute Gasteiger partial charge is 0.374 e. The van der Waals surface area contributed by atoms with Crippen LogP contribution in [0.5, 0.6) is 0 Å². The van der Waals surface area contributed by atoms with Crippen molar-refractivity contribution in [2.24, 2.45) is 0 Å². The summed E-state index contributed by atoms with van der Waals surface area (Å²) < 4.78 is 38.4. The third-order valence-corrected chi connectivity index (χ3v) is 1.83. The van der Waals surface area contributed by atoms with Crippen LogP contribution in [0.4, 0.5) is 13.2 Å².